The zero-order chi connectivity index (χ0) is 9.97. The van der Waals surface area contributed by atoms with Crippen molar-refractivity contribution < 1.29 is 14.3 Å². The van der Waals surface area contributed by atoms with Crippen molar-refractivity contribution in [3.8, 4) is 11.3 Å². The molecular formula is C9H7ClN2O3. The number of pyridine rings is 1. The van der Waals surface area contributed by atoms with Gasteiger partial charge in [0.15, 0.2) is 12.2 Å². The minimum atomic E-state index is -1.01. The van der Waals surface area contributed by atoms with E-state index in [0.29, 0.717) is 11.3 Å². The second kappa shape index (κ2) is 4.56. The summed E-state index contributed by atoms with van der Waals surface area (Å²) in [5, 5.41) is 8.72. The molecule has 6 heteroatoms. The van der Waals surface area contributed by atoms with E-state index < -0.39 is 5.97 Å². The summed E-state index contributed by atoms with van der Waals surface area (Å²) < 4.78 is 5.01. The molecule has 0 bridgehead atoms. The first-order valence-corrected chi connectivity index (χ1v) is 3.84. The number of nitrogens with zero attached hydrogens (tertiary/aromatic N) is 2. The standard InChI is InChI=1S/C9H6N2O3.ClH/c12-9(13)7-1-6(2-10-3-7)8-4-11-5-14-8;/h1-5H,(H,12,13);1H. The SMILES string of the molecule is Cl.O=C(O)c1cncc(-c2cnco2)c1. The van der Waals surface area contributed by atoms with Crippen LogP contribution in [0.1, 0.15) is 10.4 Å². The first-order chi connectivity index (χ1) is 6.77. The van der Waals surface area contributed by atoms with Crippen molar-refractivity contribution in [1.29, 1.82) is 0 Å². The molecule has 5 nitrogen and oxygen atoms in total. The molecule has 0 spiro atoms. The number of carboxylic acid groups (broad SMARTS) is 1. The highest BCUT2D eigenvalue weighted by Crippen LogP contribution is 2.18. The van der Waals surface area contributed by atoms with Crippen molar-refractivity contribution in [2.75, 3.05) is 0 Å². The molecule has 2 rings (SSSR count). The number of rotatable bonds is 2. The predicted molar refractivity (Wildman–Crippen MR) is 53.9 cm³/mol. The van der Waals surface area contributed by atoms with Crippen molar-refractivity contribution in [2.45, 2.75) is 0 Å². The van der Waals surface area contributed by atoms with Crippen LogP contribution in [0.5, 0.6) is 0 Å². The largest absolute Gasteiger partial charge is 0.478 e. The normalized spacial score (nSPS) is 9.33. The number of carbonyl (C=O) groups is 1. The molecule has 0 aliphatic carbocycles. The van der Waals surface area contributed by atoms with Crippen LogP contribution in [-0.4, -0.2) is 21.0 Å². The number of halogens is 1. The monoisotopic (exact) mass is 226 g/mol. The average Bonchev–Trinajstić information content (AvgIpc) is 2.71. The highest BCUT2D eigenvalue weighted by molar-refractivity contribution is 5.88. The molecule has 0 aromatic carbocycles. The zero-order valence-corrected chi connectivity index (χ0v) is 8.27. The molecule has 0 aliphatic heterocycles. The quantitative estimate of drug-likeness (QED) is 0.846. The molecule has 0 unspecified atom stereocenters. The molecule has 2 heterocycles. The maximum atomic E-state index is 10.6. The Bertz CT molecular complexity index is 456. The van der Waals surface area contributed by atoms with Gasteiger partial charge in [-0.1, -0.05) is 0 Å². The Balaban J connectivity index is 0.00000112. The van der Waals surface area contributed by atoms with Gasteiger partial charge in [0, 0.05) is 18.0 Å². The van der Waals surface area contributed by atoms with Crippen molar-refractivity contribution in [3.05, 3.63) is 36.6 Å². The predicted octanol–water partition coefficient (Wildman–Crippen LogP) is 1.86. The van der Waals surface area contributed by atoms with Crippen LogP contribution in [0, 0.1) is 0 Å². The number of oxazole rings is 1. The van der Waals surface area contributed by atoms with E-state index in [1.165, 1.54) is 31.1 Å². The Labute approximate surface area is 91.2 Å². The Hall–Kier alpha value is -1.88. The van der Waals surface area contributed by atoms with Gasteiger partial charge in [0.1, 0.15) is 0 Å². The molecule has 0 radical (unpaired) electrons. The molecule has 2 aromatic rings. The van der Waals surface area contributed by atoms with Gasteiger partial charge < -0.3 is 9.52 Å². The summed E-state index contributed by atoms with van der Waals surface area (Å²) in [6.45, 7) is 0. The highest BCUT2D eigenvalue weighted by Gasteiger charge is 2.07. The van der Waals surface area contributed by atoms with Gasteiger partial charge in [0.05, 0.1) is 11.8 Å². The van der Waals surface area contributed by atoms with Gasteiger partial charge in [-0.15, -0.1) is 12.4 Å². The fraction of sp³-hybridized carbons (Fsp3) is 0. The van der Waals surface area contributed by atoms with Crippen LogP contribution in [0.15, 0.2) is 35.5 Å². The minimum Gasteiger partial charge on any atom is -0.478 e. The lowest BCUT2D eigenvalue weighted by Gasteiger charge is -1.96. The fourth-order valence-corrected chi connectivity index (χ4v) is 1.05. The maximum absolute atomic E-state index is 10.6. The van der Waals surface area contributed by atoms with Crippen LogP contribution in [0.3, 0.4) is 0 Å². The minimum absolute atomic E-state index is 0. The molecular weight excluding hydrogens is 220 g/mol. The third-order valence-electron chi connectivity index (χ3n) is 1.70. The molecule has 0 saturated heterocycles. The fourth-order valence-electron chi connectivity index (χ4n) is 1.05. The van der Waals surface area contributed by atoms with E-state index in [1.807, 2.05) is 0 Å². The van der Waals surface area contributed by atoms with Crippen molar-refractivity contribution in [3.63, 3.8) is 0 Å². The summed E-state index contributed by atoms with van der Waals surface area (Å²) in [7, 11) is 0. The smallest absolute Gasteiger partial charge is 0.337 e. The van der Waals surface area contributed by atoms with Crippen LogP contribution < -0.4 is 0 Å². The van der Waals surface area contributed by atoms with Gasteiger partial charge in [-0.25, -0.2) is 9.78 Å². The summed E-state index contributed by atoms with van der Waals surface area (Å²) in [6, 6.07) is 1.48. The third-order valence-corrected chi connectivity index (χ3v) is 1.70. The second-order valence-corrected chi connectivity index (χ2v) is 2.63. The summed E-state index contributed by atoms with van der Waals surface area (Å²) >= 11 is 0. The van der Waals surface area contributed by atoms with E-state index in [-0.39, 0.29) is 18.0 Å². The zero-order valence-electron chi connectivity index (χ0n) is 7.45. The molecule has 0 saturated carbocycles. The molecule has 78 valence electrons. The number of hydrogen-bond donors (Lipinski definition) is 1. The van der Waals surface area contributed by atoms with Crippen molar-refractivity contribution >= 4 is 18.4 Å². The second-order valence-electron chi connectivity index (χ2n) is 2.63. The van der Waals surface area contributed by atoms with Crippen LogP contribution in [0.4, 0.5) is 0 Å². The van der Waals surface area contributed by atoms with E-state index in [2.05, 4.69) is 9.97 Å². The lowest BCUT2D eigenvalue weighted by atomic mass is 10.2. The van der Waals surface area contributed by atoms with E-state index in [9.17, 15) is 4.79 Å². The van der Waals surface area contributed by atoms with Crippen molar-refractivity contribution in [1.82, 2.24) is 9.97 Å². The van der Waals surface area contributed by atoms with Gasteiger partial charge in [-0.05, 0) is 6.07 Å². The Kier molecular flexibility index (Phi) is 3.41. The van der Waals surface area contributed by atoms with Gasteiger partial charge >= 0.3 is 5.97 Å². The first-order valence-electron chi connectivity index (χ1n) is 3.84. The summed E-state index contributed by atoms with van der Waals surface area (Å²) in [4.78, 5) is 18.2. The maximum Gasteiger partial charge on any atom is 0.337 e. The van der Waals surface area contributed by atoms with Gasteiger partial charge in [0.2, 0.25) is 0 Å². The van der Waals surface area contributed by atoms with E-state index >= 15 is 0 Å². The molecule has 0 atom stereocenters. The van der Waals surface area contributed by atoms with Crippen LogP contribution in [0.2, 0.25) is 0 Å². The van der Waals surface area contributed by atoms with Gasteiger partial charge in [-0.2, -0.15) is 0 Å². The van der Waals surface area contributed by atoms with E-state index in [4.69, 9.17) is 9.52 Å². The lowest BCUT2D eigenvalue weighted by molar-refractivity contribution is 0.0696. The van der Waals surface area contributed by atoms with Crippen LogP contribution in [-0.2, 0) is 0 Å². The molecule has 2 aromatic heterocycles. The van der Waals surface area contributed by atoms with E-state index in [1.54, 1.807) is 0 Å². The molecule has 15 heavy (non-hydrogen) atoms. The Morgan fingerprint density at radius 2 is 2.07 bits per heavy atom. The van der Waals surface area contributed by atoms with Crippen LogP contribution in [0.25, 0.3) is 11.3 Å². The first kappa shape index (κ1) is 11.2. The Morgan fingerprint density at radius 3 is 2.67 bits per heavy atom. The number of aromatic nitrogens is 2. The molecule has 1 N–H and O–H groups in total. The molecule has 0 aliphatic rings. The van der Waals surface area contributed by atoms with Crippen LogP contribution >= 0.6 is 12.4 Å². The van der Waals surface area contributed by atoms with Gasteiger partial charge in [0.25, 0.3) is 0 Å². The lowest BCUT2D eigenvalue weighted by Crippen LogP contribution is -1.96. The number of aromatic carboxylic acids is 1. The molecule has 0 fully saturated rings. The Morgan fingerprint density at radius 1 is 1.27 bits per heavy atom. The average molecular weight is 227 g/mol. The summed E-state index contributed by atoms with van der Waals surface area (Å²) in [5.74, 6) is -0.514. The topological polar surface area (TPSA) is 76.2 Å². The highest BCUT2D eigenvalue weighted by atomic mass is 35.5. The number of hydrogen-bond acceptors (Lipinski definition) is 4. The molecule has 0 amide bonds. The third kappa shape index (κ3) is 2.32. The van der Waals surface area contributed by atoms with Gasteiger partial charge in [-0.3, -0.25) is 4.98 Å². The summed E-state index contributed by atoms with van der Waals surface area (Å²) in [5.41, 5.74) is 0.723. The van der Waals surface area contributed by atoms with Crippen molar-refractivity contribution in [2.24, 2.45) is 0 Å². The van der Waals surface area contributed by atoms with E-state index in [0.717, 1.165) is 0 Å². The summed E-state index contributed by atoms with van der Waals surface area (Å²) in [6.07, 6.45) is 5.58. The number of carboxylic acids is 1.